The minimum Gasteiger partial charge on any atom is -0.397 e. The second kappa shape index (κ2) is 5.84. The van der Waals surface area contributed by atoms with Gasteiger partial charge in [-0.25, -0.2) is 0 Å². The number of nitrogens with zero attached hydrogens (tertiary/aromatic N) is 1. The van der Waals surface area contributed by atoms with Crippen LogP contribution in [0.25, 0.3) is 0 Å². The summed E-state index contributed by atoms with van der Waals surface area (Å²) in [6.07, 6.45) is 0. The number of rotatable bonds is 3. The lowest BCUT2D eigenvalue weighted by atomic mass is 10.1. The van der Waals surface area contributed by atoms with E-state index in [-0.39, 0.29) is 5.91 Å². The van der Waals surface area contributed by atoms with Crippen LogP contribution in [0.5, 0.6) is 0 Å². The summed E-state index contributed by atoms with van der Waals surface area (Å²) in [7, 11) is 0. The summed E-state index contributed by atoms with van der Waals surface area (Å²) in [5.41, 5.74) is 8.15. The summed E-state index contributed by atoms with van der Waals surface area (Å²) in [4.78, 5) is 14.0. The average molecular weight is 249 g/mol. The van der Waals surface area contributed by atoms with Crippen LogP contribution in [-0.2, 0) is 9.53 Å². The van der Waals surface area contributed by atoms with Crippen LogP contribution >= 0.6 is 0 Å². The number of hydrogen-bond acceptors (Lipinski definition) is 4. The van der Waals surface area contributed by atoms with Gasteiger partial charge in [-0.15, -0.1) is 0 Å². The van der Waals surface area contributed by atoms with E-state index in [1.165, 1.54) is 0 Å². The maximum absolute atomic E-state index is 11.9. The van der Waals surface area contributed by atoms with Crippen molar-refractivity contribution in [3.05, 3.63) is 23.8 Å². The Morgan fingerprint density at radius 2 is 2.17 bits per heavy atom. The lowest BCUT2D eigenvalue weighted by molar-refractivity contribution is -0.118. The quantitative estimate of drug-likeness (QED) is 0.779. The number of nitrogens with one attached hydrogen (secondary N) is 1. The van der Waals surface area contributed by atoms with E-state index >= 15 is 0 Å². The van der Waals surface area contributed by atoms with Gasteiger partial charge in [-0.3, -0.25) is 9.69 Å². The van der Waals surface area contributed by atoms with Crippen LogP contribution in [0.4, 0.5) is 11.4 Å². The topological polar surface area (TPSA) is 67.6 Å². The van der Waals surface area contributed by atoms with Crippen molar-refractivity contribution < 1.29 is 9.53 Å². The summed E-state index contributed by atoms with van der Waals surface area (Å²) >= 11 is 0. The number of morpholine rings is 1. The number of nitrogen functional groups attached to an aromatic ring is 1. The van der Waals surface area contributed by atoms with E-state index in [9.17, 15) is 4.79 Å². The van der Waals surface area contributed by atoms with Gasteiger partial charge in [0.2, 0.25) is 5.91 Å². The van der Waals surface area contributed by atoms with Crippen molar-refractivity contribution in [2.24, 2.45) is 0 Å². The first-order valence-corrected chi connectivity index (χ1v) is 6.12. The number of nitrogens with two attached hydrogens (primary N) is 1. The highest BCUT2D eigenvalue weighted by Crippen LogP contribution is 2.22. The number of hydrogen-bond donors (Lipinski definition) is 2. The minimum absolute atomic E-state index is 0.0297. The molecule has 0 radical (unpaired) electrons. The van der Waals surface area contributed by atoms with Crippen molar-refractivity contribution >= 4 is 17.3 Å². The maximum atomic E-state index is 11.9. The van der Waals surface area contributed by atoms with Gasteiger partial charge in [-0.2, -0.15) is 0 Å². The summed E-state index contributed by atoms with van der Waals surface area (Å²) in [5, 5.41) is 2.88. The van der Waals surface area contributed by atoms with E-state index in [0.717, 1.165) is 24.3 Å². The molecular weight excluding hydrogens is 230 g/mol. The van der Waals surface area contributed by atoms with Gasteiger partial charge in [0.15, 0.2) is 0 Å². The fourth-order valence-electron chi connectivity index (χ4n) is 2.00. The minimum atomic E-state index is -0.0297. The summed E-state index contributed by atoms with van der Waals surface area (Å²) in [5.74, 6) is -0.0297. The fraction of sp³-hybridized carbons (Fsp3) is 0.462. The zero-order chi connectivity index (χ0) is 13.0. The van der Waals surface area contributed by atoms with Crippen LogP contribution in [0.3, 0.4) is 0 Å². The molecule has 2 rings (SSSR count). The highest BCUT2D eigenvalue weighted by atomic mass is 16.5. The van der Waals surface area contributed by atoms with E-state index in [2.05, 4.69) is 10.2 Å². The molecule has 18 heavy (non-hydrogen) atoms. The number of para-hydroxylation sites is 1. The SMILES string of the molecule is Cc1cccc(N)c1NC(=O)CN1CCOCC1. The average Bonchev–Trinajstić information content (AvgIpc) is 2.35. The van der Waals surface area contributed by atoms with E-state index < -0.39 is 0 Å². The Hall–Kier alpha value is -1.59. The Morgan fingerprint density at radius 1 is 1.44 bits per heavy atom. The lowest BCUT2D eigenvalue weighted by Gasteiger charge is -2.26. The smallest absolute Gasteiger partial charge is 0.238 e. The van der Waals surface area contributed by atoms with Gasteiger partial charge in [0, 0.05) is 13.1 Å². The van der Waals surface area contributed by atoms with Crippen LogP contribution in [0.1, 0.15) is 5.56 Å². The predicted molar refractivity (Wildman–Crippen MR) is 71.5 cm³/mol. The molecule has 1 aliphatic heterocycles. The Kier molecular flexibility index (Phi) is 4.17. The van der Waals surface area contributed by atoms with E-state index in [1.807, 2.05) is 19.1 Å². The van der Waals surface area contributed by atoms with Crippen molar-refractivity contribution in [3.8, 4) is 0 Å². The largest absolute Gasteiger partial charge is 0.397 e. The molecule has 0 aromatic heterocycles. The number of carbonyl (C=O) groups is 1. The van der Waals surface area contributed by atoms with Crippen LogP contribution < -0.4 is 11.1 Å². The first-order valence-electron chi connectivity index (χ1n) is 6.12. The zero-order valence-corrected chi connectivity index (χ0v) is 10.6. The second-order valence-electron chi connectivity index (χ2n) is 4.48. The van der Waals surface area contributed by atoms with Gasteiger partial charge in [-0.05, 0) is 18.6 Å². The number of anilines is 2. The summed E-state index contributed by atoms with van der Waals surface area (Å²) < 4.78 is 5.24. The molecule has 0 bridgehead atoms. The third-order valence-corrected chi connectivity index (χ3v) is 3.04. The molecule has 98 valence electrons. The third kappa shape index (κ3) is 3.21. The van der Waals surface area contributed by atoms with Crippen molar-refractivity contribution in [1.29, 1.82) is 0 Å². The number of aryl methyl sites for hydroxylation is 1. The lowest BCUT2D eigenvalue weighted by Crippen LogP contribution is -2.41. The first-order chi connectivity index (χ1) is 8.66. The van der Waals surface area contributed by atoms with Crippen LogP contribution in [0, 0.1) is 6.92 Å². The molecule has 0 unspecified atom stereocenters. The van der Waals surface area contributed by atoms with Crippen molar-refractivity contribution in [3.63, 3.8) is 0 Å². The molecule has 5 heteroatoms. The predicted octanol–water partition coefficient (Wildman–Crippen LogP) is 0.848. The Labute approximate surface area is 107 Å². The second-order valence-corrected chi connectivity index (χ2v) is 4.48. The number of ether oxygens (including phenoxy) is 1. The van der Waals surface area contributed by atoms with Crippen LogP contribution in [0.2, 0.25) is 0 Å². The standard InChI is InChI=1S/C13H19N3O2/c1-10-3-2-4-11(14)13(10)15-12(17)9-16-5-7-18-8-6-16/h2-4H,5-9,14H2,1H3,(H,15,17). The molecule has 1 aromatic rings. The molecule has 1 aromatic carbocycles. The molecule has 0 spiro atoms. The van der Waals surface area contributed by atoms with Gasteiger partial charge in [0.05, 0.1) is 31.1 Å². The normalized spacial score (nSPS) is 16.5. The number of carbonyl (C=O) groups excluding carboxylic acids is 1. The van der Waals surface area contributed by atoms with Crippen molar-refractivity contribution in [1.82, 2.24) is 4.90 Å². The molecule has 1 fully saturated rings. The maximum Gasteiger partial charge on any atom is 0.238 e. The highest BCUT2D eigenvalue weighted by Gasteiger charge is 2.15. The number of benzene rings is 1. The van der Waals surface area contributed by atoms with Crippen molar-refractivity contribution in [2.75, 3.05) is 43.9 Å². The monoisotopic (exact) mass is 249 g/mol. The van der Waals surface area contributed by atoms with Crippen LogP contribution in [0.15, 0.2) is 18.2 Å². The molecule has 1 saturated heterocycles. The first kappa shape index (κ1) is 12.9. The van der Waals surface area contributed by atoms with Gasteiger partial charge < -0.3 is 15.8 Å². The molecule has 1 heterocycles. The Morgan fingerprint density at radius 3 is 2.83 bits per heavy atom. The Balaban J connectivity index is 1.94. The van der Waals surface area contributed by atoms with E-state index in [0.29, 0.717) is 25.4 Å². The van der Waals surface area contributed by atoms with E-state index in [4.69, 9.17) is 10.5 Å². The Bertz CT molecular complexity index is 408. The van der Waals surface area contributed by atoms with Gasteiger partial charge in [0.1, 0.15) is 0 Å². The highest BCUT2D eigenvalue weighted by molar-refractivity contribution is 5.96. The van der Waals surface area contributed by atoms with Crippen LogP contribution in [-0.4, -0.2) is 43.7 Å². The van der Waals surface area contributed by atoms with Gasteiger partial charge in [-0.1, -0.05) is 12.1 Å². The van der Waals surface area contributed by atoms with E-state index in [1.54, 1.807) is 6.07 Å². The number of amides is 1. The van der Waals surface area contributed by atoms with Crippen molar-refractivity contribution in [2.45, 2.75) is 6.92 Å². The molecule has 0 atom stereocenters. The molecule has 1 amide bonds. The molecule has 1 aliphatic rings. The molecule has 3 N–H and O–H groups in total. The molecule has 0 saturated carbocycles. The van der Waals surface area contributed by atoms with Gasteiger partial charge in [0.25, 0.3) is 0 Å². The van der Waals surface area contributed by atoms with Gasteiger partial charge >= 0.3 is 0 Å². The molecule has 5 nitrogen and oxygen atoms in total. The summed E-state index contributed by atoms with van der Waals surface area (Å²) in [6, 6.07) is 5.60. The fourth-order valence-corrected chi connectivity index (χ4v) is 2.00. The molecular formula is C13H19N3O2. The molecule has 0 aliphatic carbocycles. The summed E-state index contributed by atoms with van der Waals surface area (Å²) in [6.45, 7) is 5.31. The third-order valence-electron chi connectivity index (χ3n) is 3.04. The zero-order valence-electron chi connectivity index (χ0n) is 10.6.